The van der Waals surface area contributed by atoms with Crippen molar-refractivity contribution in [3.05, 3.63) is 40.8 Å². The molecule has 1 heterocycles. The van der Waals surface area contributed by atoms with Crippen LogP contribution in [0, 0.1) is 6.92 Å². The molecule has 0 aliphatic heterocycles. The second-order valence-corrected chi connectivity index (χ2v) is 4.32. The van der Waals surface area contributed by atoms with Crippen LogP contribution in [-0.4, -0.2) is 17.1 Å². The lowest BCUT2D eigenvalue weighted by molar-refractivity contribution is 0.416. The van der Waals surface area contributed by atoms with Crippen molar-refractivity contribution in [1.29, 1.82) is 0 Å². The minimum atomic E-state index is 0.503. The molecule has 1 aromatic heterocycles. The van der Waals surface area contributed by atoms with Gasteiger partial charge in [-0.2, -0.15) is 0 Å². The number of aryl methyl sites for hydroxylation is 1. The summed E-state index contributed by atoms with van der Waals surface area (Å²) in [5.74, 6) is 1.53. The Morgan fingerprint density at radius 3 is 2.61 bits per heavy atom. The number of benzene rings is 1. The third kappa shape index (κ3) is 2.31. The van der Waals surface area contributed by atoms with Gasteiger partial charge in [-0.1, -0.05) is 30.7 Å². The third-order valence-corrected chi connectivity index (χ3v) is 3.18. The first-order valence-electron chi connectivity index (χ1n) is 5.83. The highest BCUT2D eigenvalue weighted by Crippen LogP contribution is 2.32. The molecule has 0 atom stereocenters. The maximum atomic E-state index is 6.15. The maximum Gasteiger partial charge on any atom is 0.136 e. The van der Waals surface area contributed by atoms with Crippen LogP contribution < -0.4 is 4.74 Å². The summed E-state index contributed by atoms with van der Waals surface area (Å²) in [5.41, 5.74) is 2.65. The van der Waals surface area contributed by atoms with Gasteiger partial charge < -0.3 is 4.74 Å². The van der Waals surface area contributed by atoms with E-state index in [-0.39, 0.29) is 0 Å². The van der Waals surface area contributed by atoms with E-state index in [0.717, 1.165) is 34.8 Å². The molecule has 0 aliphatic rings. The molecule has 0 amide bonds. The molecular weight excluding hydrogens is 248 g/mol. The molecule has 0 spiro atoms. The Bertz CT molecular complexity index is 570. The maximum absolute atomic E-state index is 6.15. The SMILES string of the molecule is CCc1nc(Cl)c(C)c(-c2ccccc2OC)n1. The molecule has 2 rings (SSSR count). The van der Waals surface area contributed by atoms with Crippen LogP contribution in [-0.2, 0) is 6.42 Å². The highest BCUT2D eigenvalue weighted by Gasteiger charge is 2.13. The first-order chi connectivity index (χ1) is 8.67. The topological polar surface area (TPSA) is 35.0 Å². The molecule has 0 N–H and O–H groups in total. The molecule has 0 unspecified atom stereocenters. The van der Waals surface area contributed by atoms with Crippen molar-refractivity contribution >= 4 is 11.6 Å². The number of para-hydroxylation sites is 1. The molecule has 0 fully saturated rings. The second kappa shape index (κ2) is 5.36. The number of rotatable bonds is 3. The fourth-order valence-corrected chi connectivity index (χ4v) is 1.98. The van der Waals surface area contributed by atoms with Crippen LogP contribution in [0.5, 0.6) is 5.75 Å². The molecular formula is C14H15ClN2O. The van der Waals surface area contributed by atoms with Crippen LogP contribution in [0.1, 0.15) is 18.3 Å². The van der Waals surface area contributed by atoms with Gasteiger partial charge in [-0.15, -0.1) is 0 Å². The summed E-state index contributed by atoms with van der Waals surface area (Å²) in [6.45, 7) is 3.93. The van der Waals surface area contributed by atoms with Crippen molar-refractivity contribution in [1.82, 2.24) is 9.97 Å². The van der Waals surface area contributed by atoms with E-state index in [1.165, 1.54) is 0 Å². The molecule has 2 aromatic rings. The summed E-state index contributed by atoms with van der Waals surface area (Å²) in [6.07, 6.45) is 0.752. The first-order valence-corrected chi connectivity index (χ1v) is 6.21. The molecule has 0 radical (unpaired) electrons. The number of aromatic nitrogens is 2. The van der Waals surface area contributed by atoms with Gasteiger partial charge in [-0.05, 0) is 19.1 Å². The van der Waals surface area contributed by atoms with Crippen molar-refractivity contribution in [3.63, 3.8) is 0 Å². The average molecular weight is 263 g/mol. The minimum absolute atomic E-state index is 0.503. The Labute approximate surface area is 112 Å². The molecule has 4 heteroatoms. The van der Waals surface area contributed by atoms with Gasteiger partial charge in [0.2, 0.25) is 0 Å². The van der Waals surface area contributed by atoms with Crippen LogP contribution in [0.25, 0.3) is 11.3 Å². The van der Waals surface area contributed by atoms with Crippen molar-refractivity contribution in [2.75, 3.05) is 7.11 Å². The van der Waals surface area contributed by atoms with Gasteiger partial charge in [-0.3, -0.25) is 0 Å². The number of hydrogen-bond acceptors (Lipinski definition) is 3. The Morgan fingerprint density at radius 1 is 1.22 bits per heavy atom. The summed E-state index contributed by atoms with van der Waals surface area (Å²) < 4.78 is 5.36. The van der Waals surface area contributed by atoms with Gasteiger partial charge in [0, 0.05) is 17.5 Å². The van der Waals surface area contributed by atoms with Crippen molar-refractivity contribution < 1.29 is 4.74 Å². The molecule has 0 aliphatic carbocycles. The fraction of sp³-hybridized carbons (Fsp3) is 0.286. The molecule has 0 saturated heterocycles. The Kier molecular flexibility index (Phi) is 3.82. The third-order valence-electron chi connectivity index (χ3n) is 2.81. The first kappa shape index (κ1) is 12.8. The number of ether oxygens (including phenoxy) is 1. The van der Waals surface area contributed by atoms with Crippen molar-refractivity contribution in [3.8, 4) is 17.0 Å². The van der Waals surface area contributed by atoms with Crippen LogP contribution >= 0.6 is 11.6 Å². The highest BCUT2D eigenvalue weighted by molar-refractivity contribution is 6.30. The smallest absolute Gasteiger partial charge is 0.136 e. The molecule has 3 nitrogen and oxygen atoms in total. The Hall–Kier alpha value is -1.61. The number of halogens is 1. The lowest BCUT2D eigenvalue weighted by Crippen LogP contribution is -2.00. The molecule has 18 heavy (non-hydrogen) atoms. The van der Waals surface area contributed by atoms with Crippen molar-refractivity contribution in [2.24, 2.45) is 0 Å². The lowest BCUT2D eigenvalue weighted by atomic mass is 10.1. The van der Waals surface area contributed by atoms with E-state index in [4.69, 9.17) is 16.3 Å². The predicted molar refractivity (Wildman–Crippen MR) is 73.1 cm³/mol. The lowest BCUT2D eigenvalue weighted by Gasteiger charge is -2.11. The molecule has 0 bridgehead atoms. The summed E-state index contributed by atoms with van der Waals surface area (Å²) >= 11 is 6.15. The summed E-state index contributed by atoms with van der Waals surface area (Å²) in [6, 6.07) is 7.78. The predicted octanol–water partition coefficient (Wildman–Crippen LogP) is 3.68. The van der Waals surface area contributed by atoms with Crippen LogP contribution in [0.2, 0.25) is 5.15 Å². The van der Waals surface area contributed by atoms with Crippen molar-refractivity contribution in [2.45, 2.75) is 20.3 Å². The molecule has 94 valence electrons. The van der Waals surface area contributed by atoms with E-state index in [1.807, 2.05) is 38.1 Å². The number of hydrogen-bond donors (Lipinski definition) is 0. The van der Waals surface area contributed by atoms with Crippen LogP contribution in [0.15, 0.2) is 24.3 Å². The highest BCUT2D eigenvalue weighted by atomic mass is 35.5. The van der Waals surface area contributed by atoms with Gasteiger partial charge in [0.05, 0.1) is 12.8 Å². The monoisotopic (exact) mass is 262 g/mol. The summed E-state index contributed by atoms with van der Waals surface area (Å²) in [4.78, 5) is 8.80. The quantitative estimate of drug-likeness (QED) is 0.792. The Morgan fingerprint density at radius 2 is 1.94 bits per heavy atom. The number of methoxy groups -OCH3 is 1. The Balaban J connectivity index is 2.66. The summed E-state index contributed by atoms with van der Waals surface area (Å²) in [5, 5.41) is 0.503. The second-order valence-electron chi connectivity index (χ2n) is 3.96. The van der Waals surface area contributed by atoms with E-state index >= 15 is 0 Å². The molecule has 1 aromatic carbocycles. The number of nitrogens with zero attached hydrogens (tertiary/aromatic N) is 2. The van der Waals surface area contributed by atoms with Crippen LogP contribution in [0.3, 0.4) is 0 Å². The molecule has 0 saturated carbocycles. The van der Waals surface area contributed by atoms with E-state index < -0.39 is 0 Å². The zero-order valence-electron chi connectivity index (χ0n) is 10.7. The average Bonchev–Trinajstić information content (AvgIpc) is 2.41. The zero-order valence-corrected chi connectivity index (χ0v) is 11.5. The van der Waals surface area contributed by atoms with Gasteiger partial charge >= 0.3 is 0 Å². The van der Waals surface area contributed by atoms with Gasteiger partial charge in [0.1, 0.15) is 16.7 Å². The van der Waals surface area contributed by atoms with E-state index in [2.05, 4.69) is 9.97 Å². The summed E-state index contributed by atoms with van der Waals surface area (Å²) in [7, 11) is 1.65. The largest absolute Gasteiger partial charge is 0.496 e. The standard InChI is InChI=1S/C14H15ClN2O/c1-4-12-16-13(9(2)14(15)17-12)10-7-5-6-8-11(10)18-3/h5-8H,4H2,1-3H3. The van der Waals surface area contributed by atoms with E-state index in [9.17, 15) is 0 Å². The fourth-order valence-electron chi connectivity index (χ4n) is 1.79. The normalized spacial score (nSPS) is 10.4. The minimum Gasteiger partial charge on any atom is -0.496 e. The zero-order chi connectivity index (χ0) is 13.1. The van der Waals surface area contributed by atoms with Crippen LogP contribution in [0.4, 0.5) is 0 Å². The van der Waals surface area contributed by atoms with Gasteiger partial charge in [0.25, 0.3) is 0 Å². The van der Waals surface area contributed by atoms with E-state index in [1.54, 1.807) is 7.11 Å². The van der Waals surface area contributed by atoms with Gasteiger partial charge in [0.15, 0.2) is 0 Å². The van der Waals surface area contributed by atoms with E-state index in [0.29, 0.717) is 5.15 Å². The van der Waals surface area contributed by atoms with Gasteiger partial charge in [-0.25, -0.2) is 9.97 Å².